The largest absolute Gasteiger partial charge is 0.355 e. The zero-order valence-corrected chi connectivity index (χ0v) is 5.95. The number of hydrogen-bond acceptors (Lipinski definition) is 3. The average molecular weight is 144 g/mol. The Labute approximate surface area is 60.1 Å². The number of carbonyl (C=O) groups is 1. The summed E-state index contributed by atoms with van der Waals surface area (Å²) in [5.41, 5.74) is 0. The van der Waals surface area contributed by atoms with Crippen LogP contribution in [0.5, 0.6) is 0 Å². The predicted octanol–water partition coefficient (Wildman–Crippen LogP) is -0.390. The molecule has 2 N–H and O–H groups in total. The highest BCUT2D eigenvalue weighted by Crippen LogP contribution is 1.74. The fourth-order valence-electron chi connectivity index (χ4n) is 0.427. The van der Waals surface area contributed by atoms with Crippen LogP contribution in [0, 0.1) is 0 Å². The number of hydrogen-bond donors (Lipinski definition) is 2. The van der Waals surface area contributed by atoms with Crippen molar-refractivity contribution in [1.82, 2.24) is 10.4 Å². The van der Waals surface area contributed by atoms with E-state index in [1.807, 2.05) is 0 Å². The molecular weight excluding hydrogens is 132 g/mol. The lowest BCUT2D eigenvalue weighted by Gasteiger charge is -2.01. The van der Waals surface area contributed by atoms with E-state index < -0.39 is 0 Å². The lowest BCUT2D eigenvalue weighted by Crippen LogP contribution is -2.13. The molecule has 0 saturated heterocycles. The maximum Gasteiger partial charge on any atom is 0.207 e. The van der Waals surface area contributed by atoms with Crippen LogP contribution >= 0.6 is 0 Å². The van der Waals surface area contributed by atoms with Crippen LogP contribution in [0.3, 0.4) is 0 Å². The van der Waals surface area contributed by atoms with E-state index in [-0.39, 0.29) is 0 Å². The fourth-order valence-corrected chi connectivity index (χ4v) is 0.427. The SMILES string of the molecule is CN(O)C/C=C\CNC=O. The molecule has 0 fully saturated rings. The first kappa shape index (κ1) is 9.13. The molecule has 0 aromatic heterocycles. The summed E-state index contributed by atoms with van der Waals surface area (Å²) in [7, 11) is 1.55. The Bertz CT molecular complexity index is 112. The van der Waals surface area contributed by atoms with Gasteiger partial charge in [-0.15, -0.1) is 0 Å². The van der Waals surface area contributed by atoms with Gasteiger partial charge >= 0.3 is 0 Å². The van der Waals surface area contributed by atoms with Gasteiger partial charge in [-0.05, 0) is 0 Å². The third-order valence-corrected chi connectivity index (χ3v) is 0.855. The second-order valence-corrected chi connectivity index (χ2v) is 1.84. The molecule has 0 heterocycles. The topological polar surface area (TPSA) is 52.6 Å². The van der Waals surface area contributed by atoms with E-state index in [1.54, 1.807) is 19.2 Å². The van der Waals surface area contributed by atoms with Crippen molar-refractivity contribution in [3.05, 3.63) is 12.2 Å². The van der Waals surface area contributed by atoms with Gasteiger partial charge in [-0.2, -0.15) is 5.06 Å². The second-order valence-electron chi connectivity index (χ2n) is 1.84. The molecule has 0 spiro atoms. The third kappa shape index (κ3) is 7.13. The highest BCUT2D eigenvalue weighted by Gasteiger charge is 1.81. The van der Waals surface area contributed by atoms with Gasteiger partial charge in [0.2, 0.25) is 6.41 Å². The van der Waals surface area contributed by atoms with Crippen LogP contribution in [-0.2, 0) is 4.79 Å². The Kier molecular flexibility index (Phi) is 5.71. The van der Waals surface area contributed by atoms with Crippen LogP contribution in [0.25, 0.3) is 0 Å². The van der Waals surface area contributed by atoms with Crippen molar-refractivity contribution < 1.29 is 10.0 Å². The monoisotopic (exact) mass is 144 g/mol. The first-order valence-electron chi connectivity index (χ1n) is 2.99. The Hall–Kier alpha value is -0.870. The van der Waals surface area contributed by atoms with E-state index in [9.17, 15) is 4.79 Å². The van der Waals surface area contributed by atoms with Gasteiger partial charge in [-0.25, -0.2) is 0 Å². The summed E-state index contributed by atoms with van der Waals surface area (Å²) in [6, 6.07) is 0. The Morgan fingerprint density at radius 3 is 2.80 bits per heavy atom. The molecule has 4 nitrogen and oxygen atoms in total. The van der Waals surface area contributed by atoms with E-state index in [2.05, 4.69) is 5.32 Å². The van der Waals surface area contributed by atoms with Gasteiger partial charge in [0.05, 0.1) is 0 Å². The number of carbonyl (C=O) groups excluding carboxylic acids is 1. The molecule has 1 amide bonds. The second kappa shape index (κ2) is 6.25. The van der Waals surface area contributed by atoms with E-state index >= 15 is 0 Å². The molecule has 0 aromatic rings. The molecule has 0 aliphatic carbocycles. The van der Waals surface area contributed by atoms with E-state index in [0.29, 0.717) is 19.5 Å². The van der Waals surface area contributed by atoms with Gasteiger partial charge < -0.3 is 10.5 Å². The van der Waals surface area contributed by atoms with Gasteiger partial charge in [0.1, 0.15) is 0 Å². The minimum atomic E-state index is 0.473. The van der Waals surface area contributed by atoms with Gasteiger partial charge in [-0.3, -0.25) is 4.79 Å². The van der Waals surface area contributed by atoms with Crippen molar-refractivity contribution in [2.24, 2.45) is 0 Å². The maximum absolute atomic E-state index is 9.70. The summed E-state index contributed by atoms with van der Waals surface area (Å²) < 4.78 is 0. The smallest absolute Gasteiger partial charge is 0.207 e. The highest BCUT2D eigenvalue weighted by atomic mass is 16.5. The van der Waals surface area contributed by atoms with Gasteiger partial charge in [-0.1, -0.05) is 12.2 Å². The normalized spacial score (nSPS) is 10.7. The quantitative estimate of drug-likeness (QED) is 0.239. The predicted molar refractivity (Wildman–Crippen MR) is 37.6 cm³/mol. The zero-order valence-electron chi connectivity index (χ0n) is 5.95. The zero-order chi connectivity index (χ0) is 7.82. The molecule has 0 aromatic carbocycles. The summed E-state index contributed by atoms with van der Waals surface area (Å²) in [5.74, 6) is 0. The van der Waals surface area contributed by atoms with Gasteiger partial charge in [0.15, 0.2) is 0 Å². The maximum atomic E-state index is 9.70. The van der Waals surface area contributed by atoms with E-state index in [1.165, 1.54) is 0 Å². The first-order chi connectivity index (χ1) is 4.77. The van der Waals surface area contributed by atoms with Crippen LogP contribution in [0.15, 0.2) is 12.2 Å². The average Bonchev–Trinajstić information content (AvgIpc) is 1.87. The molecule has 10 heavy (non-hydrogen) atoms. The highest BCUT2D eigenvalue weighted by molar-refractivity contribution is 5.46. The molecule has 0 saturated carbocycles. The summed E-state index contributed by atoms with van der Waals surface area (Å²) in [6.07, 6.45) is 4.16. The van der Waals surface area contributed by atoms with Crippen LogP contribution in [0.1, 0.15) is 0 Å². The van der Waals surface area contributed by atoms with Crippen LogP contribution in [-0.4, -0.2) is 36.8 Å². The van der Waals surface area contributed by atoms with Crippen molar-refractivity contribution >= 4 is 6.41 Å². The fraction of sp³-hybridized carbons (Fsp3) is 0.500. The van der Waals surface area contributed by atoms with Crippen molar-refractivity contribution in [3.63, 3.8) is 0 Å². The number of nitrogens with zero attached hydrogens (tertiary/aromatic N) is 1. The molecule has 0 aliphatic rings. The van der Waals surface area contributed by atoms with E-state index in [4.69, 9.17) is 5.21 Å². The third-order valence-electron chi connectivity index (χ3n) is 0.855. The standard InChI is InChI=1S/C6H12N2O2/c1-8(10)5-3-2-4-7-6-9/h2-3,6,10H,4-5H2,1H3,(H,7,9)/b3-2-. The van der Waals surface area contributed by atoms with E-state index in [0.717, 1.165) is 5.06 Å². The lowest BCUT2D eigenvalue weighted by atomic mass is 10.5. The summed E-state index contributed by atoms with van der Waals surface area (Å²) in [4.78, 5) is 9.70. The molecule has 4 heteroatoms. The number of likely N-dealkylation sites (N-methyl/N-ethyl adjacent to an activating group) is 1. The lowest BCUT2D eigenvalue weighted by molar-refractivity contribution is -0.109. The van der Waals surface area contributed by atoms with Gasteiger partial charge in [0, 0.05) is 20.1 Å². The molecule has 0 bridgehead atoms. The first-order valence-corrected chi connectivity index (χ1v) is 2.99. The Morgan fingerprint density at radius 2 is 2.30 bits per heavy atom. The Morgan fingerprint density at radius 1 is 1.60 bits per heavy atom. The van der Waals surface area contributed by atoms with Crippen molar-refractivity contribution in [2.75, 3.05) is 20.1 Å². The number of amides is 1. The molecule has 0 rings (SSSR count). The minimum Gasteiger partial charge on any atom is -0.355 e. The molecular formula is C6H12N2O2. The van der Waals surface area contributed by atoms with Crippen molar-refractivity contribution in [2.45, 2.75) is 0 Å². The van der Waals surface area contributed by atoms with Crippen molar-refractivity contribution in [1.29, 1.82) is 0 Å². The minimum absolute atomic E-state index is 0.473. The number of nitrogens with one attached hydrogen (secondary N) is 1. The summed E-state index contributed by atoms with van der Waals surface area (Å²) in [5, 5.41) is 12.1. The Balaban J connectivity index is 3.11. The number of rotatable bonds is 5. The molecule has 0 aliphatic heterocycles. The molecule has 0 radical (unpaired) electrons. The van der Waals surface area contributed by atoms with Gasteiger partial charge in [0.25, 0.3) is 0 Å². The molecule has 0 unspecified atom stereocenters. The summed E-state index contributed by atoms with van der Waals surface area (Å²) in [6.45, 7) is 0.984. The van der Waals surface area contributed by atoms with Crippen LogP contribution in [0.2, 0.25) is 0 Å². The molecule has 58 valence electrons. The van der Waals surface area contributed by atoms with Crippen molar-refractivity contribution in [3.8, 4) is 0 Å². The van der Waals surface area contributed by atoms with Crippen LogP contribution in [0.4, 0.5) is 0 Å². The summed E-state index contributed by atoms with van der Waals surface area (Å²) >= 11 is 0. The van der Waals surface area contributed by atoms with Crippen LogP contribution < -0.4 is 5.32 Å². The number of hydroxylamine groups is 2. The molecule has 0 atom stereocenters.